The Labute approximate surface area is 116 Å². The molecule has 0 aliphatic heterocycles. The molecule has 0 amide bonds. The van der Waals surface area contributed by atoms with E-state index in [4.69, 9.17) is 5.73 Å². The lowest BCUT2D eigenvalue weighted by molar-refractivity contribution is 0.114. The van der Waals surface area contributed by atoms with E-state index in [1.165, 1.54) is 19.3 Å². The molecular formula is C15H28N4. The first-order valence-corrected chi connectivity index (χ1v) is 7.48. The van der Waals surface area contributed by atoms with Gasteiger partial charge >= 0.3 is 0 Å². The van der Waals surface area contributed by atoms with E-state index in [1.807, 2.05) is 11.7 Å². The van der Waals surface area contributed by atoms with Gasteiger partial charge in [0.2, 0.25) is 0 Å². The molecule has 19 heavy (non-hydrogen) atoms. The van der Waals surface area contributed by atoms with Gasteiger partial charge in [-0.3, -0.25) is 4.68 Å². The summed E-state index contributed by atoms with van der Waals surface area (Å²) in [5.74, 6) is 1.82. The number of hydrogen-bond donors (Lipinski definition) is 1. The van der Waals surface area contributed by atoms with Crippen molar-refractivity contribution in [2.45, 2.75) is 64.8 Å². The summed E-state index contributed by atoms with van der Waals surface area (Å²) < 4.78 is 1.84. The maximum absolute atomic E-state index is 6.59. The van der Waals surface area contributed by atoms with E-state index in [2.05, 4.69) is 30.9 Å². The zero-order chi connectivity index (χ0) is 14.1. The SMILES string of the molecule is CCC(C)(C)C1CCC(N)(Cc2ncnn2C)CC1. The molecule has 1 fully saturated rings. The summed E-state index contributed by atoms with van der Waals surface area (Å²) in [6.45, 7) is 7.08. The van der Waals surface area contributed by atoms with E-state index in [0.29, 0.717) is 5.41 Å². The third kappa shape index (κ3) is 3.16. The van der Waals surface area contributed by atoms with E-state index in [9.17, 15) is 0 Å². The van der Waals surface area contributed by atoms with Crippen molar-refractivity contribution < 1.29 is 0 Å². The topological polar surface area (TPSA) is 56.7 Å². The van der Waals surface area contributed by atoms with Crippen molar-refractivity contribution in [3.05, 3.63) is 12.2 Å². The highest BCUT2D eigenvalue weighted by molar-refractivity contribution is 5.00. The zero-order valence-electron chi connectivity index (χ0n) is 12.8. The van der Waals surface area contributed by atoms with Crippen molar-refractivity contribution >= 4 is 0 Å². The molecule has 1 aromatic rings. The minimum absolute atomic E-state index is 0.0822. The number of aromatic nitrogens is 3. The fourth-order valence-electron chi connectivity index (χ4n) is 3.23. The van der Waals surface area contributed by atoms with Gasteiger partial charge in [-0.25, -0.2) is 4.98 Å². The van der Waals surface area contributed by atoms with Gasteiger partial charge in [0.15, 0.2) is 0 Å². The summed E-state index contributed by atoms with van der Waals surface area (Å²) in [6.07, 6.45) is 8.41. The zero-order valence-corrected chi connectivity index (χ0v) is 12.8. The third-order valence-corrected chi connectivity index (χ3v) is 5.31. The standard InChI is InChI=1S/C15H28N4/c1-5-14(2,3)12-6-8-15(16,9-7-12)10-13-17-11-18-19(13)4/h11-12H,5-10,16H2,1-4H3. The highest BCUT2D eigenvalue weighted by Crippen LogP contribution is 2.43. The first-order valence-electron chi connectivity index (χ1n) is 7.48. The molecule has 0 bridgehead atoms. The maximum atomic E-state index is 6.59. The normalized spacial score (nSPS) is 28.6. The van der Waals surface area contributed by atoms with Crippen molar-refractivity contribution in [1.29, 1.82) is 0 Å². The minimum atomic E-state index is -0.0822. The molecule has 108 valence electrons. The third-order valence-electron chi connectivity index (χ3n) is 5.31. The van der Waals surface area contributed by atoms with Crippen LogP contribution in [0.15, 0.2) is 6.33 Å². The number of hydrogen-bond acceptors (Lipinski definition) is 3. The van der Waals surface area contributed by atoms with E-state index < -0.39 is 0 Å². The molecular weight excluding hydrogens is 236 g/mol. The molecule has 0 aromatic carbocycles. The van der Waals surface area contributed by atoms with Crippen LogP contribution >= 0.6 is 0 Å². The molecule has 1 aromatic heterocycles. The van der Waals surface area contributed by atoms with Gasteiger partial charge in [-0.1, -0.05) is 27.2 Å². The van der Waals surface area contributed by atoms with E-state index >= 15 is 0 Å². The molecule has 2 rings (SSSR count). The molecule has 1 aliphatic carbocycles. The van der Waals surface area contributed by atoms with Crippen molar-refractivity contribution in [1.82, 2.24) is 14.8 Å². The van der Waals surface area contributed by atoms with Gasteiger partial charge in [-0.05, 0) is 37.0 Å². The lowest BCUT2D eigenvalue weighted by Crippen LogP contribution is -2.47. The van der Waals surface area contributed by atoms with Gasteiger partial charge in [0.1, 0.15) is 12.2 Å². The molecule has 1 saturated carbocycles. The second-order valence-electron chi connectivity index (χ2n) is 6.96. The highest BCUT2D eigenvalue weighted by Gasteiger charge is 2.38. The lowest BCUT2D eigenvalue weighted by Gasteiger charge is -2.43. The maximum Gasteiger partial charge on any atom is 0.138 e. The van der Waals surface area contributed by atoms with Gasteiger partial charge in [-0.15, -0.1) is 0 Å². The Morgan fingerprint density at radius 1 is 1.42 bits per heavy atom. The fraction of sp³-hybridized carbons (Fsp3) is 0.867. The number of nitrogens with zero attached hydrogens (tertiary/aromatic N) is 3. The van der Waals surface area contributed by atoms with Crippen molar-refractivity contribution in [3.8, 4) is 0 Å². The Balaban J connectivity index is 1.97. The van der Waals surface area contributed by atoms with Crippen LogP contribution in [0.2, 0.25) is 0 Å². The quantitative estimate of drug-likeness (QED) is 0.909. The summed E-state index contributed by atoms with van der Waals surface area (Å²) in [6, 6.07) is 0. The Hall–Kier alpha value is -0.900. The predicted octanol–water partition coefficient (Wildman–Crippen LogP) is 2.68. The number of rotatable bonds is 4. The molecule has 0 atom stereocenters. The van der Waals surface area contributed by atoms with E-state index in [1.54, 1.807) is 6.33 Å². The van der Waals surface area contributed by atoms with Crippen LogP contribution in [0.4, 0.5) is 0 Å². The summed E-state index contributed by atoms with van der Waals surface area (Å²) in [4.78, 5) is 4.31. The monoisotopic (exact) mass is 264 g/mol. The Morgan fingerprint density at radius 2 is 2.05 bits per heavy atom. The summed E-state index contributed by atoms with van der Waals surface area (Å²) in [7, 11) is 1.94. The Morgan fingerprint density at radius 3 is 2.53 bits per heavy atom. The number of nitrogens with two attached hydrogens (primary N) is 1. The predicted molar refractivity (Wildman–Crippen MR) is 77.7 cm³/mol. The molecule has 0 saturated heterocycles. The van der Waals surface area contributed by atoms with Gasteiger partial charge in [-0.2, -0.15) is 5.10 Å². The van der Waals surface area contributed by atoms with Crippen LogP contribution in [0, 0.1) is 11.3 Å². The van der Waals surface area contributed by atoms with Crippen LogP contribution in [-0.4, -0.2) is 20.3 Å². The van der Waals surface area contributed by atoms with Gasteiger partial charge in [0.05, 0.1) is 0 Å². The average Bonchev–Trinajstić information content (AvgIpc) is 2.75. The van der Waals surface area contributed by atoms with Crippen LogP contribution < -0.4 is 5.73 Å². The minimum Gasteiger partial charge on any atom is -0.325 e. The van der Waals surface area contributed by atoms with Crippen LogP contribution in [0.3, 0.4) is 0 Å². The average molecular weight is 264 g/mol. The molecule has 0 radical (unpaired) electrons. The smallest absolute Gasteiger partial charge is 0.138 e. The molecule has 4 nitrogen and oxygen atoms in total. The summed E-state index contributed by atoms with van der Waals surface area (Å²) >= 11 is 0. The van der Waals surface area contributed by atoms with Crippen LogP contribution in [0.5, 0.6) is 0 Å². The Bertz CT molecular complexity index is 414. The second-order valence-corrected chi connectivity index (χ2v) is 6.96. The van der Waals surface area contributed by atoms with Crippen LogP contribution in [-0.2, 0) is 13.5 Å². The van der Waals surface area contributed by atoms with Crippen molar-refractivity contribution in [3.63, 3.8) is 0 Å². The molecule has 0 unspecified atom stereocenters. The van der Waals surface area contributed by atoms with Crippen molar-refractivity contribution in [2.75, 3.05) is 0 Å². The number of aryl methyl sites for hydroxylation is 1. The molecule has 4 heteroatoms. The molecule has 1 aliphatic rings. The Kier molecular flexibility index (Phi) is 4.00. The molecule has 1 heterocycles. The van der Waals surface area contributed by atoms with Gasteiger partial charge < -0.3 is 5.73 Å². The van der Waals surface area contributed by atoms with E-state index in [-0.39, 0.29) is 5.54 Å². The van der Waals surface area contributed by atoms with Gasteiger partial charge in [0.25, 0.3) is 0 Å². The highest BCUT2D eigenvalue weighted by atomic mass is 15.3. The second kappa shape index (κ2) is 5.23. The lowest BCUT2D eigenvalue weighted by atomic mass is 9.65. The summed E-state index contributed by atoms with van der Waals surface area (Å²) in [5, 5.41) is 4.13. The molecule has 2 N–H and O–H groups in total. The first-order chi connectivity index (χ1) is 8.86. The van der Waals surface area contributed by atoms with Crippen LogP contribution in [0.25, 0.3) is 0 Å². The molecule has 0 spiro atoms. The van der Waals surface area contributed by atoms with Gasteiger partial charge in [0, 0.05) is 19.0 Å². The van der Waals surface area contributed by atoms with Crippen molar-refractivity contribution in [2.24, 2.45) is 24.1 Å². The summed E-state index contributed by atoms with van der Waals surface area (Å²) in [5.41, 5.74) is 6.95. The largest absolute Gasteiger partial charge is 0.325 e. The van der Waals surface area contributed by atoms with Crippen LogP contribution in [0.1, 0.15) is 58.7 Å². The first kappa shape index (κ1) is 14.5. The fourth-order valence-corrected chi connectivity index (χ4v) is 3.23. The van der Waals surface area contributed by atoms with E-state index in [0.717, 1.165) is 31.0 Å².